The van der Waals surface area contributed by atoms with Crippen LogP contribution in [0.4, 0.5) is 14.5 Å². The minimum atomic E-state index is -0.889. The molecule has 1 aromatic rings. The lowest BCUT2D eigenvalue weighted by molar-refractivity contribution is 0.580. The summed E-state index contributed by atoms with van der Waals surface area (Å²) < 4.78 is 26.4. The van der Waals surface area contributed by atoms with Gasteiger partial charge in [0.15, 0.2) is 5.82 Å². The molecule has 0 heterocycles. The van der Waals surface area contributed by atoms with Crippen LogP contribution >= 0.6 is 0 Å². The highest BCUT2D eigenvalue weighted by atomic mass is 19.1. The number of nitrogens with two attached hydrogens (primary N) is 1. The van der Waals surface area contributed by atoms with Crippen LogP contribution < -0.4 is 5.73 Å². The molecule has 0 amide bonds. The van der Waals surface area contributed by atoms with E-state index in [2.05, 4.69) is 18.4 Å². The molecule has 0 atom stereocenters. The summed E-state index contributed by atoms with van der Waals surface area (Å²) >= 11 is 0. The van der Waals surface area contributed by atoms with Crippen molar-refractivity contribution in [1.29, 1.82) is 5.41 Å². The summed E-state index contributed by atoms with van der Waals surface area (Å²) in [6.45, 7) is 3.38. The van der Waals surface area contributed by atoms with E-state index in [4.69, 9.17) is 11.1 Å². The van der Waals surface area contributed by atoms with E-state index in [1.807, 2.05) is 0 Å². The Morgan fingerprint density at radius 2 is 2.13 bits per heavy atom. The Morgan fingerprint density at radius 3 is 2.73 bits per heavy atom. The van der Waals surface area contributed by atoms with E-state index in [0.717, 1.165) is 18.3 Å². The van der Waals surface area contributed by atoms with E-state index in [1.54, 1.807) is 0 Å². The lowest BCUT2D eigenvalue weighted by Crippen LogP contribution is -1.97. The SMILES string of the molecule is C=C(C#Cc1c(F)ccc(N)c1F)C=N. The van der Waals surface area contributed by atoms with Crippen LogP contribution in [-0.4, -0.2) is 6.21 Å². The van der Waals surface area contributed by atoms with Crippen LogP contribution in [0.5, 0.6) is 0 Å². The molecule has 0 spiro atoms. The van der Waals surface area contributed by atoms with E-state index < -0.39 is 17.2 Å². The maximum Gasteiger partial charge on any atom is 0.164 e. The largest absolute Gasteiger partial charge is 0.396 e. The zero-order chi connectivity index (χ0) is 11.4. The number of allylic oxidation sites excluding steroid dienone is 1. The van der Waals surface area contributed by atoms with Gasteiger partial charge in [0.1, 0.15) is 5.82 Å². The predicted octanol–water partition coefficient (Wildman–Crippen LogP) is 2.10. The molecule has 0 fully saturated rings. The standard InChI is InChI=1S/C11H8F2N2/c1-7(6-14)2-3-8-9(12)4-5-10(15)11(8)13/h4-6,14H,1,15H2. The van der Waals surface area contributed by atoms with Crippen LogP contribution in [0.25, 0.3) is 0 Å². The van der Waals surface area contributed by atoms with E-state index in [9.17, 15) is 8.78 Å². The molecule has 0 saturated carbocycles. The zero-order valence-corrected chi connectivity index (χ0v) is 7.77. The molecular formula is C11H8F2N2. The first-order valence-corrected chi connectivity index (χ1v) is 4.01. The van der Waals surface area contributed by atoms with Gasteiger partial charge in [0.2, 0.25) is 0 Å². The van der Waals surface area contributed by atoms with Crippen molar-refractivity contribution in [3.05, 3.63) is 41.5 Å². The van der Waals surface area contributed by atoms with Gasteiger partial charge in [-0.25, -0.2) is 8.78 Å². The van der Waals surface area contributed by atoms with Crippen LogP contribution in [0.3, 0.4) is 0 Å². The second-order valence-electron chi connectivity index (χ2n) is 2.75. The van der Waals surface area contributed by atoms with Gasteiger partial charge in [-0.1, -0.05) is 18.4 Å². The second kappa shape index (κ2) is 4.38. The Balaban J connectivity index is 3.23. The summed E-state index contributed by atoms with van der Waals surface area (Å²) in [5.41, 5.74) is 4.84. The van der Waals surface area contributed by atoms with E-state index in [0.29, 0.717) is 0 Å². The number of hydrogen-bond donors (Lipinski definition) is 2. The fourth-order valence-electron chi connectivity index (χ4n) is 0.862. The average Bonchev–Trinajstić information content (AvgIpc) is 2.23. The van der Waals surface area contributed by atoms with Crippen LogP contribution in [0.1, 0.15) is 5.56 Å². The Morgan fingerprint density at radius 1 is 1.47 bits per heavy atom. The minimum Gasteiger partial charge on any atom is -0.396 e. The molecule has 1 aromatic carbocycles. The zero-order valence-electron chi connectivity index (χ0n) is 7.77. The smallest absolute Gasteiger partial charge is 0.164 e. The Kier molecular flexibility index (Phi) is 3.19. The van der Waals surface area contributed by atoms with Gasteiger partial charge < -0.3 is 11.1 Å². The number of benzene rings is 1. The van der Waals surface area contributed by atoms with Crippen molar-refractivity contribution in [1.82, 2.24) is 0 Å². The average molecular weight is 206 g/mol. The minimum absolute atomic E-state index is 0.163. The predicted molar refractivity (Wildman–Crippen MR) is 55.6 cm³/mol. The van der Waals surface area contributed by atoms with Crippen molar-refractivity contribution in [3.8, 4) is 11.8 Å². The first-order valence-electron chi connectivity index (χ1n) is 4.01. The molecule has 0 aliphatic heterocycles. The molecule has 0 aromatic heterocycles. The maximum absolute atomic E-state index is 13.3. The van der Waals surface area contributed by atoms with Crippen molar-refractivity contribution in [2.75, 3.05) is 5.73 Å². The first kappa shape index (κ1) is 10.9. The first-order chi connectivity index (χ1) is 7.06. The molecule has 0 bridgehead atoms. The van der Waals surface area contributed by atoms with Crippen molar-refractivity contribution in [2.24, 2.45) is 0 Å². The summed E-state index contributed by atoms with van der Waals surface area (Å²) in [4.78, 5) is 0. The summed E-state index contributed by atoms with van der Waals surface area (Å²) in [6.07, 6.45) is 0.898. The van der Waals surface area contributed by atoms with Gasteiger partial charge in [-0.3, -0.25) is 0 Å². The normalized spacial score (nSPS) is 8.93. The van der Waals surface area contributed by atoms with Gasteiger partial charge in [-0.15, -0.1) is 0 Å². The van der Waals surface area contributed by atoms with Gasteiger partial charge in [-0.05, 0) is 12.1 Å². The van der Waals surface area contributed by atoms with Gasteiger partial charge in [0.05, 0.1) is 11.3 Å². The molecular weight excluding hydrogens is 198 g/mol. The molecule has 0 unspecified atom stereocenters. The molecule has 15 heavy (non-hydrogen) atoms. The van der Waals surface area contributed by atoms with Crippen LogP contribution in [0.2, 0.25) is 0 Å². The lowest BCUT2D eigenvalue weighted by Gasteiger charge is -1.99. The Bertz CT molecular complexity index is 481. The molecule has 1 rings (SSSR count). The van der Waals surface area contributed by atoms with Crippen LogP contribution in [0.15, 0.2) is 24.3 Å². The molecule has 0 aliphatic rings. The van der Waals surface area contributed by atoms with Crippen molar-refractivity contribution in [2.45, 2.75) is 0 Å². The third-order valence-corrected chi connectivity index (χ3v) is 1.64. The van der Waals surface area contributed by atoms with Crippen molar-refractivity contribution < 1.29 is 8.78 Å². The maximum atomic E-state index is 13.3. The van der Waals surface area contributed by atoms with Crippen LogP contribution in [-0.2, 0) is 0 Å². The third kappa shape index (κ3) is 2.41. The summed E-state index contributed by atoms with van der Waals surface area (Å²) in [5.74, 6) is 2.90. The molecule has 0 aliphatic carbocycles. The van der Waals surface area contributed by atoms with Gasteiger partial charge >= 0.3 is 0 Å². The second-order valence-corrected chi connectivity index (χ2v) is 2.75. The summed E-state index contributed by atoms with van der Waals surface area (Å²) in [6, 6.07) is 2.16. The van der Waals surface area contributed by atoms with Gasteiger partial charge in [-0.2, -0.15) is 0 Å². The number of rotatable bonds is 1. The van der Waals surface area contributed by atoms with Gasteiger partial charge in [0.25, 0.3) is 0 Å². The molecule has 0 radical (unpaired) electrons. The number of halogens is 2. The highest BCUT2D eigenvalue weighted by Crippen LogP contribution is 2.17. The molecule has 3 N–H and O–H groups in total. The highest BCUT2D eigenvalue weighted by Gasteiger charge is 2.09. The molecule has 4 heteroatoms. The van der Waals surface area contributed by atoms with Crippen molar-refractivity contribution >= 4 is 11.9 Å². The fourth-order valence-corrected chi connectivity index (χ4v) is 0.862. The van der Waals surface area contributed by atoms with E-state index in [-0.39, 0.29) is 11.3 Å². The van der Waals surface area contributed by atoms with Crippen LogP contribution in [0, 0.1) is 28.9 Å². The fraction of sp³-hybridized carbons (Fsp3) is 0. The third-order valence-electron chi connectivity index (χ3n) is 1.64. The molecule has 0 saturated heterocycles. The quantitative estimate of drug-likeness (QED) is 0.412. The topological polar surface area (TPSA) is 49.9 Å². The van der Waals surface area contributed by atoms with E-state index in [1.165, 1.54) is 0 Å². The highest BCUT2D eigenvalue weighted by molar-refractivity contribution is 5.81. The Hall–Kier alpha value is -2.15. The lowest BCUT2D eigenvalue weighted by atomic mass is 10.1. The summed E-state index contributed by atoms with van der Waals surface area (Å²) in [7, 11) is 0. The van der Waals surface area contributed by atoms with Crippen molar-refractivity contribution in [3.63, 3.8) is 0 Å². The number of anilines is 1. The van der Waals surface area contributed by atoms with Gasteiger partial charge in [0, 0.05) is 11.8 Å². The summed E-state index contributed by atoms with van der Waals surface area (Å²) in [5, 5.41) is 6.78. The number of hydrogen-bond acceptors (Lipinski definition) is 2. The number of nitrogens with one attached hydrogen (secondary N) is 1. The molecule has 76 valence electrons. The van der Waals surface area contributed by atoms with E-state index >= 15 is 0 Å². The number of nitrogen functional groups attached to an aromatic ring is 1. The Labute approximate surface area is 85.9 Å². The monoisotopic (exact) mass is 206 g/mol. The molecule has 2 nitrogen and oxygen atoms in total.